The standard InChI is InChI=1S/C16H24FNO/c1-5-8-18-15(13-10-16(13,2)3)12-9-11(17)6-7-14(12)19-4/h6-7,9,13,15,18H,5,8,10H2,1-4H3. The van der Waals surface area contributed by atoms with Crippen LogP contribution in [0.15, 0.2) is 18.2 Å². The molecule has 1 aromatic carbocycles. The molecule has 2 rings (SSSR count). The third kappa shape index (κ3) is 3.08. The highest BCUT2D eigenvalue weighted by molar-refractivity contribution is 5.38. The molecule has 106 valence electrons. The Bertz CT molecular complexity index is 444. The number of methoxy groups -OCH3 is 1. The first-order valence-electron chi connectivity index (χ1n) is 7.06. The molecule has 3 heteroatoms. The van der Waals surface area contributed by atoms with Gasteiger partial charge in [-0.2, -0.15) is 0 Å². The molecule has 0 saturated heterocycles. The first-order valence-corrected chi connectivity index (χ1v) is 7.06. The highest BCUT2D eigenvalue weighted by Crippen LogP contribution is 2.58. The highest BCUT2D eigenvalue weighted by Gasteiger charge is 2.50. The quantitative estimate of drug-likeness (QED) is 0.841. The van der Waals surface area contributed by atoms with Gasteiger partial charge < -0.3 is 10.1 Å². The van der Waals surface area contributed by atoms with Gasteiger partial charge in [0.1, 0.15) is 11.6 Å². The van der Waals surface area contributed by atoms with Crippen LogP contribution in [-0.2, 0) is 0 Å². The van der Waals surface area contributed by atoms with Crippen LogP contribution in [0.3, 0.4) is 0 Å². The molecule has 1 fully saturated rings. The summed E-state index contributed by atoms with van der Waals surface area (Å²) in [4.78, 5) is 0. The van der Waals surface area contributed by atoms with Gasteiger partial charge in [0.2, 0.25) is 0 Å². The summed E-state index contributed by atoms with van der Waals surface area (Å²) in [6.07, 6.45) is 2.25. The molecular weight excluding hydrogens is 241 g/mol. The molecule has 2 nitrogen and oxygen atoms in total. The average Bonchev–Trinajstić information content (AvgIpc) is 2.99. The van der Waals surface area contributed by atoms with Crippen molar-refractivity contribution in [2.45, 2.75) is 39.7 Å². The van der Waals surface area contributed by atoms with Gasteiger partial charge in [0, 0.05) is 11.6 Å². The fraction of sp³-hybridized carbons (Fsp3) is 0.625. The highest BCUT2D eigenvalue weighted by atomic mass is 19.1. The van der Waals surface area contributed by atoms with Gasteiger partial charge in [0.25, 0.3) is 0 Å². The second-order valence-corrected chi connectivity index (χ2v) is 6.12. The van der Waals surface area contributed by atoms with E-state index in [1.807, 2.05) is 0 Å². The number of rotatable bonds is 6. The summed E-state index contributed by atoms with van der Waals surface area (Å²) >= 11 is 0. The van der Waals surface area contributed by atoms with Gasteiger partial charge in [-0.25, -0.2) is 4.39 Å². The predicted octanol–water partition coefficient (Wildman–Crippen LogP) is 3.92. The molecule has 1 N–H and O–H groups in total. The fourth-order valence-electron chi connectivity index (χ4n) is 2.79. The molecule has 2 unspecified atom stereocenters. The van der Waals surface area contributed by atoms with Crippen molar-refractivity contribution in [3.63, 3.8) is 0 Å². The van der Waals surface area contributed by atoms with Gasteiger partial charge in [-0.05, 0) is 48.9 Å². The molecular formula is C16H24FNO. The number of hydrogen-bond acceptors (Lipinski definition) is 2. The molecule has 1 aliphatic carbocycles. The van der Waals surface area contributed by atoms with Crippen LogP contribution in [0.1, 0.15) is 45.2 Å². The number of ether oxygens (including phenoxy) is 1. The number of nitrogens with one attached hydrogen (secondary N) is 1. The van der Waals surface area contributed by atoms with Crippen molar-refractivity contribution in [2.75, 3.05) is 13.7 Å². The number of benzene rings is 1. The van der Waals surface area contributed by atoms with E-state index in [-0.39, 0.29) is 11.9 Å². The number of halogens is 1. The lowest BCUT2D eigenvalue weighted by Crippen LogP contribution is -2.26. The van der Waals surface area contributed by atoms with E-state index in [1.165, 1.54) is 12.5 Å². The van der Waals surface area contributed by atoms with Gasteiger partial charge in [-0.15, -0.1) is 0 Å². The van der Waals surface area contributed by atoms with Gasteiger partial charge in [-0.1, -0.05) is 20.8 Å². The molecule has 19 heavy (non-hydrogen) atoms. The smallest absolute Gasteiger partial charge is 0.123 e. The Hall–Kier alpha value is -1.09. The first-order chi connectivity index (χ1) is 8.99. The maximum Gasteiger partial charge on any atom is 0.123 e. The first kappa shape index (κ1) is 14.3. The van der Waals surface area contributed by atoms with Gasteiger partial charge >= 0.3 is 0 Å². The third-order valence-corrected chi connectivity index (χ3v) is 4.13. The molecule has 0 aliphatic heterocycles. The lowest BCUT2D eigenvalue weighted by molar-refractivity contribution is 0.373. The van der Waals surface area contributed by atoms with E-state index in [0.717, 1.165) is 24.3 Å². The van der Waals surface area contributed by atoms with E-state index in [9.17, 15) is 4.39 Å². The zero-order valence-corrected chi connectivity index (χ0v) is 12.3. The van der Waals surface area contributed by atoms with Crippen LogP contribution in [-0.4, -0.2) is 13.7 Å². The summed E-state index contributed by atoms with van der Waals surface area (Å²) in [5.41, 5.74) is 1.29. The van der Waals surface area contributed by atoms with E-state index < -0.39 is 0 Å². The Morgan fingerprint density at radius 3 is 2.68 bits per heavy atom. The Kier molecular flexibility index (Phi) is 4.14. The van der Waals surface area contributed by atoms with E-state index in [0.29, 0.717) is 11.3 Å². The maximum absolute atomic E-state index is 13.6. The summed E-state index contributed by atoms with van der Waals surface area (Å²) < 4.78 is 19.0. The van der Waals surface area contributed by atoms with Crippen molar-refractivity contribution in [2.24, 2.45) is 11.3 Å². The second-order valence-electron chi connectivity index (χ2n) is 6.12. The van der Waals surface area contributed by atoms with E-state index >= 15 is 0 Å². The Balaban J connectivity index is 2.29. The summed E-state index contributed by atoms with van der Waals surface area (Å²) in [5.74, 6) is 1.13. The zero-order valence-electron chi connectivity index (χ0n) is 12.3. The molecule has 0 radical (unpaired) electrons. The third-order valence-electron chi connectivity index (χ3n) is 4.13. The van der Waals surface area contributed by atoms with Crippen LogP contribution >= 0.6 is 0 Å². The predicted molar refractivity (Wildman–Crippen MR) is 75.9 cm³/mol. The molecule has 1 aromatic rings. The minimum absolute atomic E-state index is 0.181. The molecule has 0 spiro atoms. The van der Waals surface area contributed by atoms with E-state index in [1.54, 1.807) is 19.2 Å². The molecule has 0 amide bonds. The Morgan fingerprint density at radius 2 is 2.16 bits per heavy atom. The number of hydrogen-bond donors (Lipinski definition) is 1. The van der Waals surface area contributed by atoms with Gasteiger partial charge in [-0.3, -0.25) is 0 Å². The monoisotopic (exact) mass is 265 g/mol. The largest absolute Gasteiger partial charge is 0.496 e. The van der Waals surface area contributed by atoms with E-state index in [4.69, 9.17) is 4.74 Å². The Labute approximate surface area is 115 Å². The van der Waals surface area contributed by atoms with Crippen LogP contribution in [0.2, 0.25) is 0 Å². The molecule has 1 saturated carbocycles. The van der Waals surface area contributed by atoms with Gasteiger partial charge in [0.05, 0.1) is 7.11 Å². The molecule has 1 aliphatic rings. The zero-order chi connectivity index (χ0) is 14.0. The minimum atomic E-state index is -0.197. The van der Waals surface area contributed by atoms with Crippen LogP contribution in [0, 0.1) is 17.2 Å². The van der Waals surface area contributed by atoms with E-state index in [2.05, 4.69) is 26.1 Å². The lowest BCUT2D eigenvalue weighted by atomic mass is 9.96. The van der Waals surface area contributed by atoms with Crippen LogP contribution < -0.4 is 10.1 Å². The van der Waals surface area contributed by atoms with Crippen molar-refractivity contribution in [3.05, 3.63) is 29.6 Å². The van der Waals surface area contributed by atoms with Crippen molar-refractivity contribution in [1.29, 1.82) is 0 Å². The SMILES string of the molecule is CCCNC(c1cc(F)ccc1OC)C1CC1(C)C. The molecule has 0 heterocycles. The normalized spacial score (nSPS) is 22.1. The van der Waals surface area contributed by atoms with Gasteiger partial charge in [0.15, 0.2) is 0 Å². The van der Waals surface area contributed by atoms with Crippen LogP contribution in [0.25, 0.3) is 0 Å². The molecule has 2 atom stereocenters. The second kappa shape index (κ2) is 5.49. The van der Waals surface area contributed by atoms with Crippen molar-refractivity contribution in [1.82, 2.24) is 5.32 Å². The summed E-state index contributed by atoms with van der Waals surface area (Å²) in [6, 6.07) is 4.97. The van der Waals surface area contributed by atoms with Crippen molar-refractivity contribution >= 4 is 0 Å². The molecule has 0 bridgehead atoms. The van der Waals surface area contributed by atoms with Crippen LogP contribution in [0.5, 0.6) is 5.75 Å². The maximum atomic E-state index is 13.6. The average molecular weight is 265 g/mol. The summed E-state index contributed by atoms with van der Waals surface area (Å²) in [7, 11) is 1.64. The van der Waals surface area contributed by atoms with Crippen LogP contribution in [0.4, 0.5) is 4.39 Å². The van der Waals surface area contributed by atoms with Crippen molar-refractivity contribution < 1.29 is 9.13 Å². The Morgan fingerprint density at radius 1 is 1.47 bits per heavy atom. The summed E-state index contributed by atoms with van der Waals surface area (Å²) in [5, 5.41) is 3.56. The molecule has 0 aromatic heterocycles. The van der Waals surface area contributed by atoms with Crippen molar-refractivity contribution in [3.8, 4) is 5.75 Å². The topological polar surface area (TPSA) is 21.3 Å². The lowest BCUT2D eigenvalue weighted by Gasteiger charge is -2.23. The minimum Gasteiger partial charge on any atom is -0.496 e. The fourth-order valence-corrected chi connectivity index (χ4v) is 2.79. The summed E-state index contributed by atoms with van der Waals surface area (Å²) in [6.45, 7) is 7.62.